The van der Waals surface area contributed by atoms with Crippen molar-refractivity contribution in [2.75, 3.05) is 25.5 Å². The molecule has 7 heteroatoms. The van der Waals surface area contributed by atoms with E-state index in [9.17, 15) is 4.79 Å². The van der Waals surface area contributed by atoms with E-state index in [1.54, 1.807) is 12.4 Å². The number of anilines is 2. The summed E-state index contributed by atoms with van der Waals surface area (Å²) in [6.45, 7) is 2.50. The zero-order chi connectivity index (χ0) is 25.2. The molecule has 3 aromatic heterocycles. The van der Waals surface area contributed by atoms with Crippen LogP contribution in [0.5, 0.6) is 0 Å². The summed E-state index contributed by atoms with van der Waals surface area (Å²) in [5.41, 5.74) is 4.65. The van der Waals surface area contributed by atoms with Crippen molar-refractivity contribution in [1.29, 1.82) is 0 Å². The number of nitrogens with zero attached hydrogens (tertiary/aromatic N) is 4. The Kier molecular flexibility index (Phi) is 6.47. The average Bonchev–Trinajstić information content (AvgIpc) is 3.52. The fraction of sp³-hybridized carbons (Fsp3) is 0.400. The van der Waals surface area contributed by atoms with Gasteiger partial charge in [0.15, 0.2) is 5.78 Å². The zero-order valence-electron chi connectivity index (χ0n) is 21.4. The largest absolute Gasteiger partial charge is 0.352 e. The molecule has 1 saturated carbocycles. The van der Waals surface area contributed by atoms with Gasteiger partial charge in [0.25, 0.3) is 0 Å². The maximum atomic E-state index is 13.0. The Labute approximate surface area is 217 Å². The SMILES string of the molecule is CN1CCC2(CCC(CCC(=O)c3cc4cc(Nc5nccc(-c6ccccn6)n5)ccc4[nH]3)CC2)C1. The van der Waals surface area contributed by atoms with Crippen molar-refractivity contribution in [3.05, 3.63) is 66.6 Å². The van der Waals surface area contributed by atoms with Gasteiger partial charge in [-0.3, -0.25) is 9.78 Å². The summed E-state index contributed by atoms with van der Waals surface area (Å²) in [5.74, 6) is 1.40. The number of hydrogen-bond donors (Lipinski definition) is 2. The minimum Gasteiger partial charge on any atom is -0.352 e. The molecule has 1 saturated heterocycles. The van der Waals surface area contributed by atoms with Crippen molar-refractivity contribution in [3.63, 3.8) is 0 Å². The lowest BCUT2D eigenvalue weighted by Crippen LogP contribution is -2.30. The van der Waals surface area contributed by atoms with E-state index in [-0.39, 0.29) is 5.78 Å². The number of ketones is 1. The maximum absolute atomic E-state index is 13.0. The summed E-state index contributed by atoms with van der Waals surface area (Å²) in [6.07, 6.45) is 11.6. The predicted octanol–water partition coefficient (Wildman–Crippen LogP) is 6.24. The van der Waals surface area contributed by atoms with Crippen LogP contribution in [0.4, 0.5) is 11.6 Å². The van der Waals surface area contributed by atoms with E-state index in [4.69, 9.17) is 0 Å². The van der Waals surface area contributed by atoms with Gasteiger partial charge in [-0.2, -0.15) is 0 Å². The second-order valence-electron chi connectivity index (χ2n) is 11.0. The fourth-order valence-electron chi connectivity index (χ4n) is 6.18. The van der Waals surface area contributed by atoms with Crippen molar-refractivity contribution in [2.45, 2.75) is 44.9 Å². The Morgan fingerprint density at radius 2 is 1.95 bits per heavy atom. The zero-order valence-corrected chi connectivity index (χ0v) is 21.4. The molecule has 0 unspecified atom stereocenters. The Morgan fingerprint density at radius 1 is 1.05 bits per heavy atom. The highest BCUT2D eigenvalue weighted by atomic mass is 16.1. The molecule has 0 bridgehead atoms. The Hall–Kier alpha value is -3.58. The first-order valence-electron chi connectivity index (χ1n) is 13.4. The highest BCUT2D eigenvalue weighted by molar-refractivity contribution is 6.00. The summed E-state index contributed by atoms with van der Waals surface area (Å²) < 4.78 is 0. The molecule has 1 aliphatic heterocycles. The van der Waals surface area contributed by atoms with Gasteiger partial charge in [-0.05, 0) is 106 Å². The normalized spacial score (nSPS) is 22.0. The van der Waals surface area contributed by atoms with E-state index in [0.29, 0.717) is 29.4 Å². The van der Waals surface area contributed by atoms with E-state index in [1.807, 2.05) is 48.5 Å². The molecular weight excluding hydrogens is 460 g/mol. The predicted molar refractivity (Wildman–Crippen MR) is 147 cm³/mol. The molecule has 0 radical (unpaired) electrons. The molecule has 1 spiro atoms. The van der Waals surface area contributed by atoms with Crippen LogP contribution in [0, 0.1) is 11.3 Å². The number of fused-ring (bicyclic) bond motifs is 1. The first-order chi connectivity index (χ1) is 18.1. The summed E-state index contributed by atoms with van der Waals surface area (Å²) in [4.78, 5) is 32.1. The van der Waals surface area contributed by atoms with Gasteiger partial charge in [-0.15, -0.1) is 0 Å². The quantitative estimate of drug-likeness (QED) is 0.296. The van der Waals surface area contributed by atoms with Crippen molar-refractivity contribution in [2.24, 2.45) is 11.3 Å². The van der Waals surface area contributed by atoms with Crippen LogP contribution in [0.15, 0.2) is 60.9 Å². The molecule has 2 aliphatic rings. The summed E-state index contributed by atoms with van der Waals surface area (Å²) >= 11 is 0. The van der Waals surface area contributed by atoms with Crippen LogP contribution in [0.3, 0.4) is 0 Å². The minimum absolute atomic E-state index is 0.206. The topological polar surface area (TPSA) is 86.8 Å². The van der Waals surface area contributed by atoms with E-state index < -0.39 is 0 Å². The molecule has 4 aromatic rings. The third kappa shape index (κ3) is 5.27. The lowest BCUT2D eigenvalue weighted by Gasteiger charge is -2.37. The van der Waals surface area contributed by atoms with Crippen molar-refractivity contribution in [1.82, 2.24) is 24.8 Å². The number of carbonyl (C=O) groups is 1. The number of H-pyrrole nitrogens is 1. The van der Waals surface area contributed by atoms with Gasteiger partial charge in [0.05, 0.1) is 17.1 Å². The standard InChI is InChI=1S/C30H34N6O/c1-36-17-14-30(20-36)12-9-21(10-13-30)5-8-28(37)27-19-22-18-23(6-7-24(22)34-27)33-29-32-16-11-26(35-29)25-4-2-3-15-31-25/h2-4,6-7,11,15-16,18-19,21,34H,5,8-10,12-14,17,20H2,1H3,(H,32,33,35). The number of hydrogen-bond acceptors (Lipinski definition) is 6. The Balaban J connectivity index is 1.07. The lowest BCUT2D eigenvalue weighted by molar-refractivity contribution is 0.0953. The first-order valence-corrected chi connectivity index (χ1v) is 13.4. The third-order valence-electron chi connectivity index (χ3n) is 8.33. The molecule has 1 aromatic carbocycles. The van der Waals surface area contributed by atoms with Crippen LogP contribution < -0.4 is 5.32 Å². The van der Waals surface area contributed by atoms with Gasteiger partial charge in [0.1, 0.15) is 0 Å². The lowest BCUT2D eigenvalue weighted by atomic mass is 9.69. The molecule has 0 amide bonds. The van der Waals surface area contributed by atoms with Crippen LogP contribution in [-0.4, -0.2) is 50.8 Å². The van der Waals surface area contributed by atoms with E-state index in [0.717, 1.165) is 34.4 Å². The number of likely N-dealkylation sites (tertiary alicyclic amines) is 1. The van der Waals surface area contributed by atoms with Crippen molar-refractivity contribution >= 4 is 28.3 Å². The van der Waals surface area contributed by atoms with E-state index in [2.05, 4.69) is 37.2 Å². The van der Waals surface area contributed by atoms with E-state index in [1.165, 1.54) is 45.2 Å². The summed E-state index contributed by atoms with van der Waals surface area (Å²) in [7, 11) is 2.24. The number of aromatic nitrogens is 4. The van der Waals surface area contributed by atoms with E-state index >= 15 is 0 Å². The van der Waals surface area contributed by atoms with Gasteiger partial charge < -0.3 is 15.2 Å². The Morgan fingerprint density at radius 3 is 2.73 bits per heavy atom. The summed E-state index contributed by atoms with van der Waals surface area (Å²) in [5, 5.41) is 4.28. The number of aromatic amines is 1. The molecule has 7 nitrogen and oxygen atoms in total. The molecular formula is C30H34N6O. The molecule has 0 atom stereocenters. The second kappa shape index (κ2) is 10.1. The minimum atomic E-state index is 0.206. The monoisotopic (exact) mass is 494 g/mol. The molecule has 1 aliphatic carbocycles. The summed E-state index contributed by atoms with van der Waals surface area (Å²) in [6, 6.07) is 15.6. The van der Waals surface area contributed by atoms with Gasteiger partial charge in [-0.1, -0.05) is 6.07 Å². The van der Waals surface area contributed by atoms with Crippen LogP contribution in [0.2, 0.25) is 0 Å². The Bertz CT molecular complexity index is 1390. The number of Topliss-reactive ketones (excluding diaryl/α,β-unsaturated/α-hetero) is 1. The van der Waals surface area contributed by atoms with Crippen LogP contribution in [-0.2, 0) is 0 Å². The molecule has 2 N–H and O–H groups in total. The molecule has 190 valence electrons. The van der Waals surface area contributed by atoms with Gasteiger partial charge in [0, 0.05) is 41.9 Å². The number of rotatable bonds is 7. The maximum Gasteiger partial charge on any atom is 0.227 e. The smallest absolute Gasteiger partial charge is 0.227 e. The molecule has 2 fully saturated rings. The number of carbonyl (C=O) groups excluding carboxylic acids is 1. The van der Waals surface area contributed by atoms with Crippen LogP contribution in [0.1, 0.15) is 55.4 Å². The second-order valence-corrected chi connectivity index (χ2v) is 11.0. The highest BCUT2D eigenvalue weighted by Crippen LogP contribution is 2.46. The van der Waals surface area contributed by atoms with Gasteiger partial charge in [-0.25, -0.2) is 9.97 Å². The first kappa shape index (κ1) is 23.8. The van der Waals surface area contributed by atoms with Gasteiger partial charge in [0.2, 0.25) is 5.95 Å². The number of benzene rings is 1. The molecule has 4 heterocycles. The number of nitrogens with one attached hydrogen (secondary N) is 2. The fourth-order valence-corrected chi connectivity index (χ4v) is 6.18. The van der Waals surface area contributed by atoms with Crippen molar-refractivity contribution < 1.29 is 4.79 Å². The van der Waals surface area contributed by atoms with Crippen LogP contribution >= 0.6 is 0 Å². The average molecular weight is 495 g/mol. The number of pyridine rings is 1. The third-order valence-corrected chi connectivity index (χ3v) is 8.33. The molecule has 37 heavy (non-hydrogen) atoms. The van der Waals surface area contributed by atoms with Crippen molar-refractivity contribution in [3.8, 4) is 11.4 Å². The highest BCUT2D eigenvalue weighted by Gasteiger charge is 2.39. The van der Waals surface area contributed by atoms with Gasteiger partial charge >= 0.3 is 0 Å². The van der Waals surface area contributed by atoms with Crippen LogP contribution in [0.25, 0.3) is 22.3 Å². The molecule has 6 rings (SSSR count).